The summed E-state index contributed by atoms with van der Waals surface area (Å²) in [6.07, 6.45) is -5.01. The summed E-state index contributed by atoms with van der Waals surface area (Å²) in [7, 11) is 1.43. The maximum absolute atomic E-state index is 11.8. The van der Waals surface area contributed by atoms with Gasteiger partial charge in [-0.05, 0) is 17.7 Å². The van der Waals surface area contributed by atoms with Gasteiger partial charge in [0.25, 0.3) is 0 Å². The summed E-state index contributed by atoms with van der Waals surface area (Å²) in [6, 6.07) is 4.70. The van der Waals surface area contributed by atoms with Gasteiger partial charge in [-0.15, -0.1) is 0 Å². The molecule has 2 N–H and O–H groups in total. The van der Waals surface area contributed by atoms with Crippen molar-refractivity contribution in [2.75, 3.05) is 13.7 Å². The Labute approximate surface area is 97.2 Å². The van der Waals surface area contributed by atoms with E-state index in [0.717, 1.165) is 0 Å². The Kier molecular flexibility index (Phi) is 4.62. The smallest absolute Gasteiger partial charge is 0.390 e. The highest BCUT2D eigenvalue weighted by Gasteiger charge is 2.25. The van der Waals surface area contributed by atoms with Crippen molar-refractivity contribution < 1.29 is 23.0 Å². The third-order valence-corrected chi connectivity index (χ3v) is 2.16. The highest BCUT2D eigenvalue weighted by molar-refractivity contribution is 5.41. The van der Waals surface area contributed by atoms with Crippen molar-refractivity contribution in [2.24, 2.45) is 0 Å². The molecule has 1 rings (SSSR count). The lowest BCUT2D eigenvalue weighted by molar-refractivity contribution is -0.133. The van der Waals surface area contributed by atoms with E-state index in [2.05, 4.69) is 5.32 Å². The second-order valence-corrected chi connectivity index (χ2v) is 3.55. The van der Waals surface area contributed by atoms with Gasteiger partial charge in [-0.3, -0.25) is 0 Å². The van der Waals surface area contributed by atoms with Crippen molar-refractivity contribution in [2.45, 2.75) is 19.1 Å². The second kappa shape index (κ2) is 5.77. The summed E-state index contributed by atoms with van der Waals surface area (Å²) < 4.78 is 40.4. The lowest BCUT2D eigenvalue weighted by Gasteiger charge is -2.09. The summed E-state index contributed by atoms with van der Waals surface area (Å²) in [5, 5.41) is 12.1. The number of halogens is 3. The highest BCUT2D eigenvalue weighted by atomic mass is 19.4. The molecule has 0 saturated carbocycles. The van der Waals surface area contributed by atoms with Crippen molar-refractivity contribution in [1.29, 1.82) is 0 Å². The van der Waals surface area contributed by atoms with Gasteiger partial charge in [0.1, 0.15) is 0 Å². The Bertz CT molecular complexity index is 366. The zero-order valence-electron chi connectivity index (χ0n) is 9.34. The van der Waals surface area contributed by atoms with Gasteiger partial charge in [0.05, 0.1) is 13.5 Å². The number of phenols is 1. The standard InChI is InChI=1S/C11H14F3NO2/c1-17-10-3-2-8(6-9(10)16)7-15-5-4-11(12,13)14/h2-3,6,15-16H,4-5,7H2,1H3. The molecule has 0 saturated heterocycles. The SMILES string of the molecule is COc1ccc(CNCCC(F)(F)F)cc1O. The van der Waals surface area contributed by atoms with E-state index in [9.17, 15) is 18.3 Å². The van der Waals surface area contributed by atoms with E-state index in [1.54, 1.807) is 12.1 Å². The molecule has 0 radical (unpaired) electrons. The van der Waals surface area contributed by atoms with Gasteiger partial charge in [-0.1, -0.05) is 6.07 Å². The van der Waals surface area contributed by atoms with Gasteiger partial charge in [-0.2, -0.15) is 13.2 Å². The first-order valence-electron chi connectivity index (χ1n) is 5.06. The van der Waals surface area contributed by atoms with E-state index in [4.69, 9.17) is 4.74 Å². The van der Waals surface area contributed by atoms with E-state index in [-0.39, 0.29) is 18.8 Å². The first-order valence-corrected chi connectivity index (χ1v) is 5.06. The lowest BCUT2D eigenvalue weighted by atomic mass is 10.2. The molecule has 0 heterocycles. The zero-order valence-corrected chi connectivity index (χ0v) is 9.34. The predicted octanol–water partition coefficient (Wildman–Crippen LogP) is 2.44. The van der Waals surface area contributed by atoms with Crippen LogP contribution in [-0.2, 0) is 6.54 Å². The molecular formula is C11H14F3NO2. The molecule has 0 fully saturated rings. The van der Waals surface area contributed by atoms with Crippen LogP contribution in [0.4, 0.5) is 13.2 Å². The summed E-state index contributed by atoms with van der Waals surface area (Å²) in [6.45, 7) is 0.129. The van der Waals surface area contributed by atoms with Crippen molar-refractivity contribution in [3.05, 3.63) is 23.8 Å². The first-order chi connectivity index (χ1) is 7.92. The van der Waals surface area contributed by atoms with Gasteiger partial charge in [0.15, 0.2) is 11.5 Å². The number of nitrogens with one attached hydrogen (secondary N) is 1. The molecule has 0 atom stereocenters. The molecule has 0 aliphatic carbocycles. The number of aromatic hydroxyl groups is 1. The van der Waals surface area contributed by atoms with Gasteiger partial charge in [0, 0.05) is 13.1 Å². The number of alkyl halides is 3. The number of rotatable bonds is 5. The fourth-order valence-corrected chi connectivity index (χ4v) is 1.31. The Hall–Kier alpha value is -1.43. The minimum atomic E-state index is -4.14. The highest BCUT2D eigenvalue weighted by Crippen LogP contribution is 2.26. The Morgan fingerprint density at radius 3 is 2.59 bits per heavy atom. The van der Waals surface area contributed by atoms with Crippen LogP contribution in [0.1, 0.15) is 12.0 Å². The molecule has 0 aliphatic heterocycles. The lowest BCUT2D eigenvalue weighted by Crippen LogP contribution is -2.21. The molecule has 96 valence electrons. The topological polar surface area (TPSA) is 41.5 Å². The van der Waals surface area contributed by atoms with Crippen LogP contribution in [0.15, 0.2) is 18.2 Å². The van der Waals surface area contributed by atoms with Crippen LogP contribution >= 0.6 is 0 Å². The maximum atomic E-state index is 11.8. The average Bonchev–Trinajstić information content (AvgIpc) is 2.23. The molecule has 0 amide bonds. The molecule has 0 aliphatic rings. The van der Waals surface area contributed by atoms with E-state index in [0.29, 0.717) is 11.3 Å². The molecule has 1 aromatic carbocycles. The second-order valence-electron chi connectivity index (χ2n) is 3.55. The molecule has 0 spiro atoms. The van der Waals surface area contributed by atoms with Crippen LogP contribution in [0.5, 0.6) is 11.5 Å². The number of methoxy groups -OCH3 is 1. The average molecular weight is 249 g/mol. The van der Waals surface area contributed by atoms with Crippen LogP contribution in [0.25, 0.3) is 0 Å². The van der Waals surface area contributed by atoms with Crippen molar-refractivity contribution in [1.82, 2.24) is 5.32 Å². The van der Waals surface area contributed by atoms with Crippen LogP contribution in [-0.4, -0.2) is 24.9 Å². The number of hydrogen-bond donors (Lipinski definition) is 2. The molecule has 0 unspecified atom stereocenters. The fraction of sp³-hybridized carbons (Fsp3) is 0.455. The van der Waals surface area contributed by atoms with Crippen LogP contribution in [0.3, 0.4) is 0 Å². The van der Waals surface area contributed by atoms with Gasteiger partial charge in [-0.25, -0.2) is 0 Å². The van der Waals surface area contributed by atoms with E-state index in [1.807, 2.05) is 0 Å². The number of phenolic OH excluding ortho intramolecular Hbond substituents is 1. The summed E-state index contributed by atoms with van der Waals surface area (Å²) in [4.78, 5) is 0. The molecule has 1 aromatic rings. The van der Waals surface area contributed by atoms with Gasteiger partial charge >= 0.3 is 6.18 Å². The van der Waals surface area contributed by atoms with Crippen molar-refractivity contribution in [3.63, 3.8) is 0 Å². The monoisotopic (exact) mass is 249 g/mol. The normalized spacial score (nSPS) is 11.5. The molecule has 0 aromatic heterocycles. The zero-order chi connectivity index (χ0) is 12.9. The van der Waals surface area contributed by atoms with E-state index < -0.39 is 12.6 Å². The Morgan fingerprint density at radius 2 is 2.06 bits per heavy atom. The molecular weight excluding hydrogens is 235 g/mol. The maximum Gasteiger partial charge on any atom is 0.390 e. The quantitative estimate of drug-likeness (QED) is 0.787. The third kappa shape index (κ3) is 4.95. The van der Waals surface area contributed by atoms with Crippen molar-refractivity contribution in [3.8, 4) is 11.5 Å². The molecule has 6 heteroatoms. The minimum Gasteiger partial charge on any atom is -0.504 e. The number of benzene rings is 1. The van der Waals surface area contributed by atoms with E-state index in [1.165, 1.54) is 13.2 Å². The third-order valence-electron chi connectivity index (χ3n) is 2.16. The molecule has 0 bridgehead atoms. The first kappa shape index (κ1) is 13.6. The van der Waals surface area contributed by atoms with Crippen LogP contribution in [0, 0.1) is 0 Å². The predicted molar refractivity (Wildman–Crippen MR) is 57.0 cm³/mol. The molecule has 17 heavy (non-hydrogen) atoms. The number of hydrogen-bond acceptors (Lipinski definition) is 3. The molecule has 3 nitrogen and oxygen atoms in total. The van der Waals surface area contributed by atoms with Crippen molar-refractivity contribution >= 4 is 0 Å². The Balaban J connectivity index is 2.40. The van der Waals surface area contributed by atoms with Gasteiger partial charge in [0.2, 0.25) is 0 Å². The summed E-state index contributed by atoms with van der Waals surface area (Å²) in [5.41, 5.74) is 0.700. The van der Waals surface area contributed by atoms with E-state index >= 15 is 0 Å². The summed E-state index contributed by atoms with van der Waals surface area (Å²) >= 11 is 0. The number of ether oxygens (including phenoxy) is 1. The van der Waals surface area contributed by atoms with Crippen LogP contribution < -0.4 is 10.1 Å². The largest absolute Gasteiger partial charge is 0.504 e. The Morgan fingerprint density at radius 1 is 1.35 bits per heavy atom. The summed E-state index contributed by atoms with van der Waals surface area (Å²) in [5.74, 6) is 0.312. The minimum absolute atomic E-state index is 0.0254. The van der Waals surface area contributed by atoms with Crippen LogP contribution in [0.2, 0.25) is 0 Å². The van der Waals surface area contributed by atoms with Gasteiger partial charge < -0.3 is 15.2 Å². The fourth-order valence-electron chi connectivity index (χ4n) is 1.31.